The average Bonchev–Trinajstić information content (AvgIpc) is 2.89. The molecule has 2 aromatic heterocycles. The minimum atomic E-state index is -0.938. The standard InChI is InChI=1S/C18H17BrN2O2/c1-18(2,17(22)23)15(12-6-4-3-5-7-12)13-8-9-14-16(19)20-11-21(14)10-13/h3-11,15H,1-2H3,(H,22,23). The van der Waals surface area contributed by atoms with Crippen molar-refractivity contribution in [2.45, 2.75) is 19.8 Å². The Morgan fingerprint density at radius 1 is 1.17 bits per heavy atom. The van der Waals surface area contributed by atoms with Gasteiger partial charge in [-0.1, -0.05) is 36.4 Å². The third kappa shape index (κ3) is 2.77. The summed E-state index contributed by atoms with van der Waals surface area (Å²) in [6, 6.07) is 13.7. The van der Waals surface area contributed by atoms with Crippen LogP contribution in [0.2, 0.25) is 0 Å². The van der Waals surface area contributed by atoms with Crippen LogP contribution in [0.4, 0.5) is 0 Å². The number of aromatic nitrogens is 2. The Morgan fingerprint density at radius 3 is 2.52 bits per heavy atom. The third-order valence-corrected chi connectivity index (χ3v) is 4.86. The number of halogens is 1. The van der Waals surface area contributed by atoms with Crippen molar-refractivity contribution in [2.75, 3.05) is 0 Å². The molecule has 2 heterocycles. The first kappa shape index (κ1) is 15.7. The van der Waals surface area contributed by atoms with Crippen molar-refractivity contribution in [3.63, 3.8) is 0 Å². The molecule has 0 aliphatic rings. The number of rotatable bonds is 4. The number of hydrogen-bond donors (Lipinski definition) is 1. The lowest BCUT2D eigenvalue weighted by atomic mass is 9.71. The van der Waals surface area contributed by atoms with Gasteiger partial charge in [0, 0.05) is 12.1 Å². The van der Waals surface area contributed by atoms with E-state index in [1.54, 1.807) is 20.2 Å². The highest BCUT2D eigenvalue weighted by molar-refractivity contribution is 9.10. The topological polar surface area (TPSA) is 54.6 Å². The van der Waals surface area contributed by atoms with Gasteiger partial charge in [-0.3, -0.25) is 4.79 Å². The van der Waals surface area contributed by atoms with Crippen molar-refractivity contribution in [3.8, 4) is 0 Å². The van der Waals surface area contributed by atoms with Gasteiger partial charge in [-0.15, -0.1) is 0 Å². The number of carboxylic acid groups (broad SMARTS) is 1. The monoisotopic (exact) mass is 372 g/mol. The Kier molecular flexibility index (Phi) is 3.98. The van der Waals surface area contributed by atoms with E-state index in [1.807, 2.05) is 53.1 Å². The molecule has 1 aromatic carbocycles. The summed E-state index contributed by atoms with van der Waals surface area (Å²) >= 11 is 3.41. The second kappa shape index (κ2) is 5.81. The van der Waals surface area contributed by atoms with Crippen LogP contribution in [0, 0.1) is 5.41 Å². The van der Waals surface area contributed by atoms with Crippen molar-refractivity contribution in [1.82, 2.24) is 9.38 Å². The Hall–Kier alpha value is -2.14. The number of hydrogen-bond acceptors (Lipinski definition) is 2. The molecule has 3 aromatic rings. The summed E-state index contributed by atoms with van der Waals surface area (Å²) in [5.74, 6) is -1.08. The third-order valence-electron chi connectivity index (χ3n) is 4.25. The van der Waals surface area contributed by atoms with E-state index in [2.05, 4.69) is 20.9 Å². The molecule has 0 radical (unpaired) electrons. The molecule has 0 saturated heterocycles. The van der Waals surface area contributed by atoms with Gasteiger partial charge in [0.1, 0.15) is 10.9 Å². The van der Waals surface area contributed by atoms with E-state index < -0.39 is 11.4 Å². The highest BCUT2D eigenvalue weighted by Crippen LogP contribution is 2.41. The van der Waals surface area contributed by atoms with E-state index in [0.29, 0.717) is 0 Å². The van der Waals surface area contributed by atoms with Crippen LogP contribution in [-0.2, 0) is 4.79 Å². The van der Waals surface area contributed by atoms with Gasteiger partial charge in [0.05, 0.1) is 10.9 Å². The highest BCUT2D eigenvalue weighted by atomic mass is 79.9. The molecule has 5 heteroatoms. The minimum Gasteiger partial charge on any atom is -0.481 e. The Morgan fingerprint density at radius 2 is 1.87 bits per heavy atom. The van der Waals surface area contributed by atoms with Gasteiger partial charge in [-0.05, 0) is 47.0 Å². The normalized spacial score (nSPS) is 13.2. The number of fused-ring (bicyclic) bond motifs is 1. The molecule has 0 fully saturated rings. The fourth-order valence-electron chi connectivity index (χ4n) is 2.95. The maximum atomic E-state index is 11.9. The van der Waals surface area contributed by atoms with Gasteiger partial charge in [-0.2, -0.15) is 0 Å². The fraction of sp³-hybridized carbons (Fsp3) is 0.222. The van der Waals surface area contributed by atoms with Gasteiger partial charge in [-0.25, -0.2) is 4.98 Å². The smallest absolute Gasteiger partial charge is 0.310 e. The molecular weight excluding hydrogens is 356 g/mol. The zero-order valence-corrected chi connectivity index (χ0v) is 14.5. The lowest BCUT2D eigenvalue weighted by molar-refractivity contribution is -0.147. The van der Waals surface area contributed by atoms with E-state index in [-0.39, 0.29) is 5.92 Å². The number of carbonyl (C=O) groups is 1. The summed E-state index contributed by atoms with van der Waals surface area (Å²) in [4.78, 5) is 16.1. The van der Waals surface area contributed by atoms with Crippen molar-refractivity contribution < 1.29 is 9.90 Å². The molecule has 1 unspecified atom stereocenters. The Balaban J connectivity index is 2.19. The molecule has 118 valence electrons. The van der Waals surface area contributed by atoms with Crippen LogP contribution in [0.25, 0.3) is 5.52 Å². The van der Waals surface area contributed by atoms with Crippen LogP contribution >= 0.6 is 15.9 Å². The van der Waals surface area contributed by atoms with Gasteiger partial charge in [0.25, 0.3) is 0 Å². The summed E-state index contributed by atoms with van der Waals surface area (Å²) in [5, 5.41) is 9.73. The van der Waals surface area contributed by atoms with E-state index in [9.17, 15) is 9.90 Å². The lowest BCUT2D eigenvalue weighted by Gasteiger charge is -2.31. The van der Waals surface area contributed by atoms with Crippen LogP contribution in [0.3, 0.4) is 0 Å². The second-order valence-electron chi connectivity index (χ2n) is 6.16. The Bertz CT molecular complexity index is 856. The number of carboxylic acids is 1. The second-order valence-corrected chi connectivity index (χ2v) is 6.91. The van der Waals surface area contributed by atoms with Gasteiger partial charge in [0.2, 0.25) is 0 Å². The molecule has 0 amide bonds. The number of pyridine rings is 1. The Labute approximate surface area is 142 Å². The largest absolute Gasteiger partial charge is 0.481 e. The molecule has 0 saturated carbocycles. The lowest BCUT2D eigenvalue weighted by Crippen LogP contribution is -2.32. The maximum Gasteiger partial charge on any atom is 0.310 e. The highest BCUT2D eigenvalue weighted by Gasteiger charge is 2.39. The summed E-state index contributed by atoms with van der Waals surface area (Å²) in [6.07, 6.45) is 3.67. The van der Waals surface area contributed by atoms with E-state index in [4.69, 9.17) is 0 Å². The van der Waals surface area contributed by atoms with E-state index in [0.717, 1.165) is 21.2 Å². The molecule has 0 aliphatic heterocycles. The molecular formula is C18H17BrN2O2. The molecule has 0 spiro atoms. The first-order valence-electron chi connectivity index (χ1n) is 7.31. The molecule has 0 aliphatic carbocycles. The van der Waals surface area contributed by atoms with Gasteiger partial charge >= 0.3 is 5.97 Å². The van der Waals surface area contributed by atoms with Crippen LogP contribution in [0.15, 0.2) is 59.6 Å². The van der Waals surface area contributed by atoms with Gasteiger partial charge < -0.3 is 9.51 Å². The molecule has 1 atom stereocenters. The van der Waals surface area contributed by atoms with Crippen LogP contribution in [0.1, 0.15) is 30.9 Å². The minimum absolute atomic E-state index is 0.258. The summed E-state index contributed by atoms with van der Waals surface area (Å²) in [5.41, 5.74) is 1.94. The zero-order valence-electron chi connectivity index (χ0n) is 12.9. The molecule has 1 N–H and O–H groups in total. The van der Waals surface area contributed by atoms with E-state index >= 15 is 0 Å². The number of benzene rings is 1. The number of imidazole rings is 1. The predicted molar refractivity (Wildman–Crippen MR) is 92.6 cm³/mol. The number of aliphatic carboxylic acids is 1. The van der Waals surface area contributed by atoms with Crippen LogP contribution in [-0.4, -0.2) is 20.5 Å². The van der Waals surface area contributed by atoms with Crippen molar-refractivity contribution in [3.05, 3.63) is 70.7 Å². The molecule has 0 bridgehead atoms. The van der Waals surface area contributed by atoms with E-state index in [1.165, 1.54) is 0 Å². The van der Waals surface area contributed by atoms with Crippen molar-refractivity contribution in [1.29, 1.82) is 0 Å². The average molecular weight is 373 g/mol. The summed E-state index contributed by atoms with van der Waals surface area (Å²) in [7, 11) is 0. The first-order valence-corrected chi connectivity index (χ1v) is 8.11. The maximum absolute atomic E-state index is 11.9. The zero-order chi connectivity index (χ0) is 16.6. The van der Waals surface area contributed by atoms with Gasteiger partial charge in [0.15, 0.2) is 0 Å². The fourth-order valence-corrected chi connectivity index (χ4v) is 3.38. The van der Waals surface area contributed by atoms with Crippen molar-refractivity contribution in [2.24, 2.45) is 5.41 Å². The predicted octanol–water partition coefficient (Wildman–Crippen LogP) is 4.34. The van der Waals surface area contributed by atoms with Crippen molar-refractivity contribution >= 4 is 27.4 Å². The molecule has 23 heavy (non-hydrogen) atoms. The summed E-state index contributed by atoms with van der Waals surface area (Å²) in [6.45, 7) is 3.53. The molecule has 4 nitrogen and oxygen atoms in total. The SMILES string of the molecule is CC(C)(C(=O)O)C(c1ccccc1)c1ccc2c(Br)ncn2c1. The quantitative estimate of drug-likeness (QED) is 0.740. The first-order chi connectivity index (χ1) is 10.9. The molecule has 3 rings (SSSR count). The summed E-state index contributed by atoms with van der Waals surface area (Å²) < 4.78 is 2.69. The van der Waals surface area contributed by atoms with Crippen LogP contribution < -0.4 is 0 Å². The number of nitrogens with zero attached hydrogens (tertiary/aromatic N) is 2. The van der Waals surface area contributed by atoms with Crippen LogP contribution in [0.5, 0.6) is 0 Å².